The summed E-state index contributed by atoms with van der Waals surface area (Å²) in [6.07, 6.45) is -19.0. The van der Waals surface area contributed by atoms with Crippen molar-refractivity contribution in [1.29, 1.82) is 0 Å². The smallest absolute Gasteiger partial charge is 0.187 e. The summed E-state index contributed by atoms with van der Waals surface area (Å²) < 4.78 is 62.2. The van der Waals surface area contributed by atoms with Gasteiger partial charge in [-0.15, -0.1) is 0 Å². The van der Waals surface area contributed by atoms with Crippen LogP contribution >= 0.6 is 0 Å². The molecule has 0 aromatic rings. The van der Waals surface area contributed by atoms with Crippen molar-refractivity contribution in [2.75, 3.05) is 13.2 Å². The molecule has 10 rings (SSSR count). The van der Waals surface area contributed by atoms with Gasteiger partial charge in [0.05, 0.1) is 43.7 Å². The van der Waals surface area contributed by atoms with Gasteiger partial charge < -0.3 is 98.4 Å². The van der Waals surface area contributed by atoms with E-state index in [0.29, 0.717) is 48.3 Å². The van der Waals surface area contributed by atoms with Crippen LogP contribution in [-0.2, 0) is 47.4 Å². The van der Waals surface area contributed by atoms with E-state index in [-0.39, 0.29) is 16.9 Å². The summed E-state index contributed by atoms with van der Waals surface area (Å²) >= 11 is 0. The van der Waals surface area contributed by atoms with Gasteiger partial charge >= 0.3 is 0 Å². The normalized spacial score (nSPS) is 58.4. The van der Waals surface area contributed by atoms with Gasteiger partial charge in [0.25, 0.3) is 0 Å². The van der Waals surface area contributed by atoms with E-state index in [1.165, 1.54) is 26.3 Å². The summed E-state index contributed by atoms with van der Waals surface area (Å²) in [6, 6.07) is 0. The largest absolute Gasteiger partial charge is 0.394 e. The van der Waals surface area contributed by atoms with Crippen LogP contribution in [0.4, 0.5) is 0 Å². The van der Waals surface area contributed by atoms with E-state index in [2.05, 4.69) is 33.8 Å². The van der Waals surface area contributed by atoms with E-state index in [1.807, 2.05) is 0 Å². The van der Waals surface area contributed by atoms with Crippen LogP contribution in [0.25, 0.3) is 0 Å². The zero-order valence-corrected chi connectivity index (χ0v) is 42.1. The Morgan fingerprint density at radius 1 is 0.592 bits per heavy atom. The fraction of sp³-hybridized carbons (Fsp3) is 0.961. The number of hydrogen-bond donors (Lipinski definition) is 10. The fourth-order valence-electron chi connectivity index (χ4n) is 15.4. The molecule has 20 nitrogen and oxygen atoms in total. The Labute approximate surface area is 415 Å². The lowest BCUT2D eigenvalue weighted by molar-refractivity contribution is -0.394. The molecule has 6 saturated heterocycles. The summed E-state index contributed by atoms with van der Waals surface area (Å²) in [4.78, 5) is 0. The Hall–Kier alpha value is -1.06. The molecule has 10 N–H and O–H groups in total. The lowest BCUT2D eigenvalue weighted by Crippen LogP contribution is -2.67. The second-order valence-corrected chi connectivity index (χ2v) is 23.8. The van der Waals surface area contributed by atoms with Gasteiger partial charge in [-0.05, 0) is 113 Å². The highest BCUT2D eigenvalue weighted by Gasteiger charge is 2.69. The van der Waals surface area contributed by atoms with E-state index in [9.17, 15) is 51.1 Å². The van der Waals surface area contributed by atoms with Crippen molar-refractivity contribution in [2.24, 2.45) is 46.3 Å². The number of rotatable bonds is 9. The minimum atomic E-state index is -1.85. The van der Waals surface area contributed by atoms with Crippen LogP contribution in [-0.4, -0.2) is 205 Å². The third-order valence-electron chi connectivity index (χ3n) is 19.7. The van der Waals surface area contributed by atoms with E-state index < -0.39 is 141 Å². The molecule has 71 heavy (non-hydrogen) atoms. The molecular weight excluding hydrogens is 933 g/mol. The molecule has 406 valence electrons. The van der Waals surface area contributed by atoms with Crippen LogP contribution < -0.4 is 0 Å². The summed E-state index contributed by atoms with van der Waals surface area (Å²) in [5.41, 5.74) is 1.44. The van der Waals surface area contributed by atoms with Crippen molar-refractivity contribution < 1.29 is 98.4 Å². The van der Waals surface area contributed by atoms with Gasteiger partial charge in [-0.2, -0.15) is 0 Å². The monoisotopic (exact) mass is 1010 g/mol. The molecule has 0 bridgehead atoms. The first kappa shape index (κ1) is 53.3. The Morgan fingerprint density at radius 2 is 1.20 bits per heavy atom. The van der Waals surface area contributed by atoms with E-state index in [1.54, 1.807) is 0 Å². The second kappa shape index (κ2) is 20.1. The summed E-state index contributed by atoms with van der Waals surface area (Å²) in [7, 11) is 0. The van der Waals surface area contributed by atoms with Crippen LogP contribution in [0.15, 0.2) is 11.6 Å². The van der Waals surface area contributed by atoms with Crippen LogP contribution in [0.5, 0.6) is 0 Å². The lowest BCUT2D eigenvalue weighted by Gasteiger charge is -2.59. The SMILES string of the molecule is C[C@@H]1CC[C@@]2(OC1)O[C@H]1C[C@H]3[C@@H]4CC=C5C[C@@H](O[C@@H]6O[C@H](CO)[C@@H](O[C@@H]7O[C@@H](C)[C@H](O[C@@H]8O[C@@H](C)[C@H](O)[C@@H](O)[C@H]8O)[C@@H](O)[C@H]7O)[C@H](O)[C@H]6O[C@H]6O[C@@H](C)[C@H](O)[C@@H](O)[C@H]6O)CC[C@]5(C)[C@H]4CC[C@]3(C)[C@H]1[C@@H]2C. The first-order valence-electron chi connectivity index (χ1n) is 26.6. The summed E-state index contributed by atoms with van der Waals surface area (Å²) in [5.74, 6) is 2.46. The Balaban J connectivity index is 0.836. The maximum absolute atomic E-state index is 12.2. The lowest BCUT2D eigenvalue weighted by atomic mass is 9.47. The van der Waals surface area contributed by atoms with Crippen molar-refractivity contribution >= 4 is 0 Å². The van der Waals surface area contributed by atoms with Crippen molar-refractivity contribution in [3.63, 3.8) is 0 Å². The predicted octanol–water partition coefficient (Wildman–Crippen LogP) is 0.0935. The zero-order chi connectivity index (χ0) is 50.8. The molecular formula is C51H82O20. The van der Waals surface area contributed by atoms with Crippen LogP contribution in [0, 0.1) is 46.3 Å². The fourth-order valence-corrected chi connectivity index (χ4v) is 15.4. The molecule has 0 unspecified atom stereocenters. The number of allylic oxidation sites excluding steroid dienone is 1. The van der Waals surface area contributed by atoms with Gasteiger partial charge in [0, 0.05) is 12.3 Å². The number of aliphatic hydroxyl groups excluding tert-OH is 10. The molecule has 10 aliphatic rings. The van der Waals surface area contributed by atoms with Crippen molar-refractivity contribution in [3.8, 4) is 0 Å². The molecule has 6 heterocycles. The third kappa shape index (κ3) is 9.03. The molecule has 31 atom stereocenters. The number of aliphatic hydroxyl groups is 10. The van der Waals surface area contributed by atoms with E-state index in [0.717, 1.165) is 51.6 Å². The third-order valence-corrected chi connectivity index (χ3v) is 19.7. The molecule has 0 radical (unpaired) electrons. The maximum Gasteiger partial charge on any atom is 0.187 e. The van der Waals surface area contributed by atoms with Gasteiger partial charge in [0.2, 0.25) is 0 Å². The minimum absolute atomic E-state index is 0.0569. The first-order valence-corrected chi connectivity index (χ1v) is 26.6. The van der Waals surface area contributed by atoms with Crippen molar-refractivity contribution in [3.05, 3.63) is 11.6 Å². The number of hydrogen-bond acceptors (Lipinski definition) is 20. The molecule has 0 aromatic heterocycles. The molecule has 6 aliphatic heterocycles. The average molecular weight is 1020 g/mol. The van der Waals surface area contributed by atoms with Gasteiger partial charge in [-0.3, -0.25) is 0 Å². The summed E-state index contributed by atoms with van der Waals surface area (Å²) in [6.45, 7) is 14.1. The van der Waals surface area contributed by atoms with Crippen LogP contribution in [0.3, 0.4) is 0 Å². The van der Waals surface area contributed by atoms with Gasteiger partial charge in [0.15, 0.2) is 30.9 Å². The highest BCUT2D eigenvalue weighted by atomic mass is 16.8. The number of ether oxygens (including phenoxy) is 10. The molecule has 3 saturated carbocycles. The standard InChI is InChI=1S/C51H82O20/c1-20-10-15-51(62-19-20)21(2)32-30(71-51)17-29-27-9-8-25-16-26(11-13-49(25,6)28(27)12-14-50(29,32)7)66-48-44(70-46-39(59)36(56)34(54)23(4)64-46)41(61)43(31(18-52)67-48)69-47-40(60)37(57)42(24(5)65-47)68-45-38(58)35(55)33(53)22(3)63-45/h8,20-24,26-48,52-61H,9-19H2,1-7H3/t20-,21+,22+,23+,24+,26+,27-,28+,29+,30+,31-,32+,33+,34+,35-,36-,37+,38-,39-,40-,41+,42+,43-,44-,45+,46-,47+,48-,49+,50+,51-/m1/s1. The molecule has 9 fully saturated rings. The maximum atomic E-state index is 12.2. The predicted molar refractivity (Wildman–Crippen MR) is 244 cm³/mol. The van der Waals surface area contributed by atoms with Gasteiger partial charge in [0.1, 0.15) is 79.4 Å². The van der Waals surface area contributed by atoms with Gasteiger partial charge in [-0.1, -0.05) is 39.3 Å². The zero-order valence-electron chi connectivity index (χ0n) is 42.1. The Morgan fingerprint density at radius 3 is 1.82 bits per heavy atom. The summed E-state index contributed by atoms with van der Waals surface area (Å²) in [5, 5.41) is 109. The van der Waals surface area contributed by atoms with E-state index >= 15 is 0 Å². The molecule has 20 heteroatoms. The topological polar surface area (TPSA) is 295 Å². The van der Waals surface area contributed by atoms with Crippen LogP contribution in [0.1, 0.15) is 106 Å². The highest BCUT2D eigenvalue weighted by molar-refractivity contribution is 5.26. The molecule has 4 aliphatic carbocycles. The molecule has 0 amide bonds. The minimum Gasteiger partial charge on any atom is -0.394 e. The quantitative estimate of drug-likeness (QED) is 0.137. The van der Waals surface area contributed by atoms with Crippen LogP contribution in [0.2, 0.25) is 0 Å². The highest BCUT2D eigenvalue weighted by Crippen LogP contribution is 2.71. The molecule has 0 aromatic carbocycles. The van der Waals surface area contributed by atoms with Gasteiger partial charge in [-0.25, -0.2) is 0 Å². The number of fused-ring (bicyclic) bond motifs is 7. The van der Waals surface area contributed by atoms with Crippen molar-refractivity contribution in [1.82, 2.24) is 0 Å². The Kier molecular flexibility index (Phi) is 15.1. The van der Waals surface area contributed by atoms with E-state index in [4.69, 9.17) is 47.4 Å². The Bertz CT molecular complexity index is 1890. The second-order valence-electron chi connectivity index (χ2n) is 23.8. The molecule has 1 spiro atoms. The average Bonchev–Trinajstić information content (AvgIpc) is 3.79. The van der Waals surface area contributed by atoms with Crippen molar-refractivity contribution in [2.45, 2.75) is 247 Å². The first-order chi connectivity index (χ1) is 33.6.